The summed E-state index contributed by atoms with van der Waals surface area (Å²) in [5.74, 6) is -0.774. The first kappa shape index (κ1) is 20.8. The van der Waals surface area contributed by atoms with Gasteiger partial charge >= 0.3 is 5.97 Å². The van der Waals surface area contributed by atoms with E-state index >= 15 is 0 Å². The molecule has 3 rings (SSSR count). The lowest BCUT2D eigenvalue weighted by molar-refractivity contribution is 0.0473. The van der Waals surface area contributed by atoms with Gasteiger partial charge in [0.25, 0.3) is 0 Å². The minimum Gasteiger partial charge on any atom is -0.496 e. The number of nitrogens with one attached hydrogen (secondary N) is 1. The molecule has 0 saturated heterocycles. The van der Waals surface area contributed by atoms with E-state index in [2.05, 4.69) is 4.72 Å². The van der Waals surface area contributed by atoms with Gasteiger partial charge in [-0.1, -0.05) is 12.1 Å². The molecule has 0 unspecified atom stereocenters. The Hall–Kier alpha value is -2.91. The molecule has 0 amide bonds. The van der Waals surface area contributed by atoms with Crippen molar-refractivity contribution < 1.29 is 32.2 Å². The molecule has 9 heteroatoms. The molecular formula is C20H21NO7S. The molecule has 0 aliphatic heterocycles. The number of ether oxygens (including phenoxy) is 3. The molecule has 2 aromatic rings. The van der Waals surface area contributed by atoms with Gasteiger partial charge in [-0.15, -0.1) is 0 Å². The number of carbonyl (C=O) groups is 2. The Morgan fingerprint density at radius 1 is 1.03 bits per heavy atom. The lowest BCUT2D eigenvalue weighted by Crippen LogP contribution is -2.26. The summed E-state index contributed by atoms with van der Waals surface area (Å²) < 4.78 is 43.0. The normalized spacial score (nSPS) is 13.6. The zero-order valence-electron chi connectivity index (χ0n) is 16.0. The highest BCUT2D eigenvalue weighted by molar-refractivity contribution is 7.89. The zero-order chi connectivity index (χ0) is 21.0. The molecule has 1 saturated carbocycles. The summed E-state index contributed by atoms with van der Waals surface area (Å²) in [6, 6.07) is 10.4. The Morgan fingerprint density at radius 2 is 1.72 bits per heavy atom. The van der Waals surface area contributed by atoms with Gasteiger partial charge in [-0.2, -0.15) is 0 Å². The Labute approximate surface area is 168 Å². The quantitative estimate of drug-likeness (QED) is 0.490. The fourth-order valence-electron chi connectivity index (χ4n) is 2.66. The highest BCUT2D eigenvalue weighted by Gasteiger charge is 2.30. The average Bonchev–Trinajstić information content (AvgIpc) is 3.54. The number of rotatable bonds is 9. The van der Waals surface area contributed by atoms with Crippen LogP contribution in [-0.2, 0) is 14.8 Å². The van der Waals surface area contributed by atoms with Crippen molar-refractivity contribution in [3.8, 4) is 11.5 Å². The molecule has 0 atom stereocenters. The molecule has 0 spiro atoms. The van der Waals surface area contributed by atoms with Crippen molar-refractivity contribution in [3.05, 3.63) is 53.6 Å². The summed E-state index contributed by atoms with van der Waals surface area (Å²) in [6.07, 6.45) is 1.54. The summed E-state index contributed by atoms with van der Waals surface area (Å²) >= 11 is 0. The molecule has 154 valence electrons. The lowest BCUT2D eigenvalue weighted by Gasteiger charge is -2.12. The Kier molecular flexibility index (Phi) is 6.19. The van der Waals surface area contributed by atoms with E-state index in [1.54, 1.807) is 24.3 Å². The van der Waals surface area contributed by atoms with Crippen molar-refractivity contribution in [2.45, 2.75) is 23.8 Å². The van der Waals surface area contributed by atoms with Gasteiger partial charge in [0.1, 0.15) is 16.4 Å². The van der Waals surface area contributed by atoms with Gasteiger partial charge in [-0.3, -0.25) is 4.79 Å². The Balaban J connectivity index is 1.75. The number of esters is 1. The monoisotopic (exact) mass is 419 g/mol. The van der Waals surface area contributed by atoms with E-state index in [0.29, 0.717) is 5.75 Å². The molecule has 0 bridgehead atoms. The molecule has 1 fully saturated rings. The van der Waals surface area contributed by atoms with Gasteiger partial charge < -0.3 is 14.2 Å². The van der Waals surface area contributed by atoms with Crippen LogP contribution in [-0.4, -0.2) is 47.0 Å². The lowest BCUT2D eigenvalue weighted by atomic mass is 10.1. The number of benzene rings is 2. The fraction of sp³-hybridized carbons (Fsp3) is 0.300. The Bertz CT molecular complexity index is 1030. The van der Waals surface area contributed by atoms with Crippen LogP contribution in [0.5, 0.6) is 11.5 Å². The summed E-state index contributed by atoms with van der Waals surface area (Å²) in [5, 5.41) is 0. The number of methoxy groups -OCH3 is 2. The largest absolute Gasteiger partial charge is 0.496 e. The van der Waals surface area contributed by atoms with Crippen LogP contribution in [0.1, 0.15) is 33.6 Å². The molecule has 29 heavy (non-hydrogen) atoms. The number of hydrogen-bond donors (Lipinski definition) is 1. The fourth-order valence-corrected chi connectivity index (χ4v) is 4.16. The first-order valence-electron chi connectivity index (χ1n) is 8.89. The molecule has 0 aromatic heterocycles. The number of para-hydroxylation sites is 1. The summed E-state index contributed by atoms with van der Waals surface area (Å²) in [7, 11) is -1.07. The third kappa shape index (κ3) is 4.93. The van der Waals surface area contributed by atoms with Gasteiger partial charge in [0.05, 0.1) is 25.3 Å². The van der Waals surface area contributed by atoms with Crippen molar-refractivity contribution in [1.82, 2.24) is 4.72 Å². The van der Waals surface area contributed by atoms with Crippen LogP contribution in [0.4, 0.5) is 0 Å². The molecule has 2 aromatic carbocycles. The van der Waals surface area contributed by atoms with Gasteiger partial charge in [0, 0.05) is 6.04 Å². The van der Waals surface area contributed by atoms with E-state index in [0.717, 1.165) is 12.8 Å². The van der Waals surface area contributed by atoms with Crippen LogP contribution >= 0.6 is 0 Å². The topological polar surface area (TPSA) is 108 Å². The summed E-state index contributed by atoms with van der Waals surface area (Å²) in [4.78, 5) is 24.6. The third-order valence-electron chi connectivity index (χ3n) is 4.33. The van der Waals surface area contributed by atoms with Gasteiger partial charge in [0.15, 0.2) is 6.61 Å². The minimum absolute atomic E-state index is 0.00482. The van der Waals surface area contributed by atoms with Crippen LogP contribution in [0.3, 0.4) is 0 Å². The second-order valence-electron chi connectivity index (χ2n) is 6.46. The van der Waals surface area contributed by atoms with Crippen LogP contribution in [0.15, 0.2) is 47.4 Å². The number of carbonyl (C=O) groups excluding carboxylic acids is 2. The summed E-state index contributed by atoms with van der Waals surface area (Å²) in [5.41, 5.74) is 0.282. The van der Waals surface area contributed by atoms with Crippen molar-refractivity contribution in [3.63, 3.8) is 0 Å². The highest BCUT2D eigenvalue weighted by atomic mass is 32.2. The van der Waals surface area contributed by atoms with Gasteiger partial charge in [-0.05, 0) is 43.2 Å². The standard InChI is InChI=1S/C20H21NO7S/c1-26-17-6-4-3-5-15(17)16(22)12-28-20(23)13-7-10-18(27-2)19(11-13)29(24,25)21-14-8-9-14/h3-7,10-11,14,21H,8-9,12H2,1-2H3. The van der Waals surface area contributed by atoms with Crippen LogP contribution in [0, 0.1) is 0 Å². The predicted molar refractivity (Wildman–Crippen MR) is 104 cm³/mol. The summed E-state index contributed by atoms with van der Waals surface area (Å²) in [6.45, 7) is -0.506. The smallest absolute Gasteiger partial charge is 0.338 e. The maximum atomic E-state index is 12.5. The van der Waals surface area contributed by atoms with Crippen molar-refractivity contribution >= 4 is 21.8 Å². The molecule has 0 heterocycles. The average molecular weight is 419 g/mol. The first-order chi connectivity index (χ1) is 13.9. The third-order valence-corrected chi connectivity index (χ3v) is 5.87. The number of sulfonamides is 1. The van der Waals surface area contributed by atoms with Crippen LogP contribution < -0.4 is 14.2 Å². The number of Topliss-reactive ketones (excluding diaryl/α,β-unsaturated/α-hetero) is 1. The van der Waals surface area contributed by atoms with Crippen molar-refractivity contribution in [1.29, 1.82) is 0 Å². The molecular weight excluding hydrogens is 398 g/mol. The van der Waals surface area contributed by atoms with Crippen LogP contribution in [0.25, 0.3) is 0 Å². The van der Waals surface area contributed by atoms with E-state index in [1.807, 2.05) is 0 Å². The first-order valence-corrected chi connectivity index (χ1v) is 10.4. The van der Waals surface area contributed by atoms with E-state index < -0.39 is 28.4 Å². The second kappa shape index (κ2) is 8.62. The molecule has 0 radical (unpaired) electrons. The van der Waals surface area contributed by atoms with Crippen LogP contribution in [0.2, 0.25) is 0 Å². The highest BCUT2D eigenvalue weighted by Crippen LogP contribution is 2.28. The van der Waals surface area contributed by atoms with Gasteiger partial charge in [-0.25, -0.2) is 17.9 Å². The predicted octanol–water partition coefficient (Wildman–Crippen LogP) is 2.18. The van der Waals surface area contributed by atoms with Gasteiger partial charge in [0.2, 0.25) is 15.8 Å². The van der Waals surface area contributed by atoms with E-state index in [1.165, 1.54) is 32.4 Å². The minimum atomic E-state index is -3.85. The maximum absolute atomic E-state index is 12.5. The second-order valence-corrected chi connectivity index (χ2v) is 8.14. The van der Waals surface area contributed by atoms with E-state index in [4.69, 9.17) is 14.2 Å². The van der Waals surface area contributed by atoms with E-state index in [9.17, 15) is 18.0 Å². The molecule has 8 nitrogen and oxygen atoms in total. The SMILES string of the molecule is COc1ccccc1C(=O)COC(=O)c1ccc(OC)c(S(=O)(=O)NC2CC2)c1. The molecule has 1 aliphatic rings. The zero-order valence-corrected chi connectivity index (χ0v) is 16.8. The Morgan fingerprint density at radius 3 is 2.38 bits per heavy atom. The maximum Gasteiger partial charge on any atom is 0.338 e. The van der Waals surface area contributed by atoms with Crippen molar-refractivity contribution in [2.75, 3.05) is 20.8 Å². The van der Waals surface area contributed by atoms with Crippen molar-refractivity contribution in [2.24, 2.45) is 0 Å². The molecule has 1 N–H and O–H groups in total. The number of ketones is 1. The number of hydrogen-bond acceptors (Lipinski definition) is 7. The molecule has 1 aliphatic carbocycles. The van der Waals surface area contributed by atoms with E-state index in [-0.39, 0.29) is 27.8 Å².